The van der Waals surface area contributed by atoms with Crippen LogP contribution in [0.1, 0.15) is 45.1 Å². The van der Waals surface area contributed by atoms with Crippen LogP contribution in [0, 0.1) is 15.5 Å². The Bertz CT molecular complexity index is 897. The number of rotatable bonds is 2. The highest BCUT2D eigenvalue weighted by Gasteiger charge is 2.56. The van der Waals surface area contributed by atoms with Gasteiger partial charge in [0, 0.05) is 31.9 Å². The molecule has 0 radical (unpaired) electrons. The van der Waals surface area contributed by atoms with E-state index in [-0.39, 0.29) is 23.4 Å². The van der Waals surface area contributed by atoms with E-state index in [1.165, 1.54) is 26.0 Å². The largest absolute Gasteiger partial charge is 0.409 e. The third kappa shape index (κ3) is 3.42. The first-order chi connectivity index (χ1) is 13.2. The van der Waals surface area contributed by atoms with Crippen LogP contribution in [0.15, 0.2) is 46.1 Å². The van der Waals surface area contributed by atoms with Crippen molar-refractivity contribution in [1.82, 2.24) is 0 Å². The third-order valence-corrected chi connectivity index (χ3v) is 4.88. The van der Waals surface area contributed by atoms with E-state index < -0.39 is 22.3 Å². The summed E-state index contributed by atoms with van der Waals surface area (Å²) in [5.41, 5.74) is 0.743. The Morgan fingerprint density at radius 3 is 2.11 bits per heavy atom. The molecular formula is C19H19N3O6. The average molecular weight is 385 g/mol. The van der Waals surface area contributed by atoms with Gasteiger partial charge < -0.3 is 9.47 Å². The third-order valence-electron chi connectivity index (χ3n) is 4.88. The summed E-state index contributed by atoms with van der Waals surface area (Å²) in [6.07, 6.45) is 2.88. The number of benzene rings is 1. The van der Waals surface area contributed by atoms with E-state index in [9.17, 15) is 19.7 Å². The van der Waals surface area contributed by atoms with Gasteiger partial charge in [0.2, 0.25) is 11.8 Å². The molecule has 0 aromatic heterocycles. The number of carbonyl (C=O) groups is 2. The molecule has 1 spiro atoms. The van der Waals surface area contributed by atoms with Crippen LogP contribution < -0.4 is 0 Å². The lowest BCUT2D eigenvalue weighted by Crippen LogP contribution is -2.46. The van der Waals surface area contributed by atoms with Gasteiger partial charge in [-0.1, -0.05) is 23.8 Å². The molecule has 1 atom stereocenters. The molecule has 3 rings (SSSR count). The molecule has 146 valence electrons. The zero-order valence-electron chi connectivity index (χ0n) is 15.7. The lowest BCUT2D eigenvalue weighted by molar-refractivity contribution is -0.384. The van der Waals surface area contributed by atoms with Gasteiger partial charge in [0.15, 0.2) is 0 Å². The molecule has 0 bridgehead atoms. The summed E-state index contributed by atoms with van der Waals surface area (Å²) < 4.78 is 10.7. The van der Waals surface area contributed by atoms with Crippen LogP contribution in [0.3, 0.4) is 0 Å². The normalized spacial score (nSPS) is 20.1. The number of nitro benzene ring substituents is 1. The average Bonchev–Trinajstić information content (AvgIpc) is 2.94. The van der Waals surface area contributed by atoms with Crippen molar-refractivity contribution < 1.29 is 24.0 Å². The molecule has 0 fully saturated rings. The summed E-state index contributed by atoms with van der Waals surface area (Å²) in [5, 5.41) is 18.9. The number of non-ortho nitro benzene ring substituents is 1. The first kappa shape index (κ1) is 19.4. The molecule has 1 aromatic rings. The Hall–Kier alpha value is -3.36. The van der Waals surface area contributed by atoms with E-state index >= 15 is 0 Å². The Balaban J connectivity index is 2.11. The van der Waals surface area contributed by atoms with Crippen molar-refractivity contribution >= 4 is 29.4 Å². The minimum Gasteiger partial charge on any atom is -0.409 e. The van der Waals surface area contributed by atoms with E-state index in [2.05, 4.69) is 10.2 Å². The van der Waals surface area contributed by atoms with Gasteiger partial charge in [0.1, 0.15) is 5.41 Å². The van der Waals surface area contributed by atoms with Crippen LogP contribution in [-0.2, 0) is 19.1 Å². The maximum atomic E-state index is 11.6. The van der Waals surface area contributed by atoms with Crippen molar-refractivity contribution in [1.29, 1.82) is 0 Å². The molecule has 28 heavy (non-hydrogen) atoms. The second-order valence-corrected chi connectivity index (χ2v) is 6.83. The number of esters is 2. The van der Waals surface area contributed by atoms with Crippen LogP contribution in [0.4, 0.5) is 5.69 Å². The van der Waals surface area contributed by atoms with Gasteiger partial charge in [0.05, 0.1) is 4.92 Å². The fourth-order valence-electron chi connectivity index (χ4n) is 3.62. The second kappa shape index (κ2) is 7.34. The zero-order chi connectivity index (χ0) is 20.5. The Kier molecular flexibility index (Phi) is 5.08. The topological polar surface area (TPSA) is 120 Å². The van der Waals surface area contributed by atoms with Crippen molar-refractivity contribution in [2.45, 2.75) is 39.5 Å². The molecule has 0 unspecified atom stereocenters. The lowest BCUT2D eigenvalue weighted by atomic mass is 9.64. The Labute approximate surface area is 160 Å². The Morgan fingerprint density at radius 2 is 1.64 bits per heavy atom. The number of nitrogens with zero attached hydrogens (tertiary/aromatic N) is 3. The Morgan fingerprint density at radius 1 is 1.11 bits per heavy atom. The molecule has 0 amide bonds. The molecule has 2 aliphatic rings. The minimum atomic E-state index is -1.08. The quantitative estimate of drug-likeness (QED) is 0.333. The first-order valence-electron chi connectivity index (χ1n) is 8.67. The van der Waals surface area contributed by atoms with Gasteiger partial charge in [-0.3, -0.25) is 19.7 Å². The highest BCUT2D eigenvalue weighted by molar-refractivity contribution is 6.13. The van der Waals surface area contributed by atoms with Crippen molar-refractivity contribution in [3.63, 3.8) is 0 Å². The predicted octanol–water partition coefficient (Wildman–Crippen LogP) is 3.26. The van der Waals surface area contributed by atoms with Crippen molar-refractivity contribution in [3.8, 4) is 0 Å². The summed E-state index contributed by atoms with van der Waals surface area (Å²) in [4.78, 5) is 33.8. The van der Waals surface area contributed by atoms with Gasteiger partial charge in [-0.2, -0.15) is 0 Å². The van der Waals surface area contributed by atoms with Crippen molar-refractivity contribution in [2.24, 2.45) is 15.6 Å². The van der Waals surface area contributed by atoms with E-state index in [0.717, 1.165) is 11.1 Å². The van der Waals surface area contributed by atoms with E-state index in [1.807, 2.05) is 13.0 Å². The predicted molar refractivity (Wildman–Crippen MR) is 99.7 cm³/mol. The molecular weight excluding hydrogens is 366 g/mol. The maximum Gasteiger partial charge on any atom is 0.309 e. The molecule has 9 heteroatoms. The van der Waals surface area contributed by atoms with E-state index in [1.54, 1.807) is 12.1 Å². The van der Waals surface area contributed by atoms with E-state index in [0.29, 0.717) is 12.8 Å². The molecule has 1 aliphatic carbocycles. The van der Waals surface area contributed by atoms with Crippen molar-refractivity contribution in [2.75, 3.05) is 0 Å². The van der Waals surface area contributed by atoms with Gasteiger partial charge >= 0.3 is 11.9 Å². The smallest absolute Gasteiger partial charge is 0.309 e. The standard InChI is InChI=1S/C19H19N3O6/c1-11-8-9-19(16(10-11)14-4-6-15(7-5-14)22(25)26)17(27-12(2)23)20-21-18(19)28-13(3)24/h4-8,16H,9-10H2,1-3H3/t16-/m0/s1. The summed E-state index contributed by atoms with van der Waals surface area (Å²) >= 11 is 0. The van der Waals surface area contributed by atoms with Gasteiger partial charge in [0.25, 0.3) is 5.69 Å². The first-order valence-corrected chi connectivity index (χ1v) is 8.67. The maximum absolute atomic E-state index is 11.6. The van der Waals surface area contributed by atoms with Gasteiger partial charge in [-0.15, -0.1) is 10.2 Å². The summed E-state index contributed by atoms with van der Waals surface area (Å²) in [5.74, 6) is -1.35. The molecule has 1 heterocycles. The van der Waals surface area contributed by atoms with E-state index in [4.69, 9.17) is 9.47 Å². The minimum absolute atomic E-state index is 0.0324. The van der Waals surface area contributed by atoms with Crippen LogP contribution in [0.5, 0.6) is 0 Å². The molecule has 9 nitrogen and oxygen atoms in total. The molecule has 0 saturated carbocycles. The number of ether oxygens (including phenoxy) is 2. The molecule has 1 aromatic carbocycles. The number of carbonyl (C=O) groups excluding carboxylic acids is 2. The van der Waals surface area contributed by atoms with Crippen LogP contribution in [-0.4, -0.2) is 28.7 Å². The summed E-state index contributed by atoms with van der Waals surface area (Å²) in [7, 11) is 0. The molecule has 0 N–H and O–H groups in total. The monoisotopic (exact) mass is 385 g/mol. The summed E-state index contributed by atoms with van der Waals surface area (Å²) in [6, 6.07) is 6.13. The van der Waals surface area contributed by atoms with Gasteiger partial charge in [-0.25, -0.2) is 0 Å². The van der Waals surface area contributed by atoms with Crippen LogP contribution in [0.25, 0.3) is 0 Å². The number of nitro groups is 1. The molecule has 0 saturated heterocycles. The van der Waals surface area contributed by atoms with Gasteiger partial charge in [-0.05, 0) is 25.3 Å². The fraction of sp³-hybridized carbons (Fsp3) is 0.368. The SMILES string of the molecule is CC(=O)OC1=NN=C(OC(C)=O)C12CC=C(C)C[C@H]2c1ccc([N+](=O)[O-])cc1. The van der Waals surface area contributed by atoms with Crippen LogP contribution in [0.2, 0.25) is 0 Å². The highest BCUT2D eigenvalue weighted by atomic mass is 16.6. The highest BCUT2D eigenvalue weighted by Crippen LogP contribution is 2.51. The van der Waals surface area contributed by atoms with Crippen molar-refractivity contribution in [3.05, 3.63) is 51.6 Å². The number of hydrogen-bond acceptors (Lipinski definition) is 8. The zero-order valence-corrected chi connectivity index (χ0v) is 15.7. The fourth-order valence-corrected chi connectivity index (χ4v) is 3.62. The number of allylic oxidation sites excluding steroid dienone is 2. The number of hydrogen-bond donors (Lipinski definition) is 0. The van der Waals surface area contributed by atoms with Crippen LogP contribution >= 0.6 is 0 Å². The lowest BCUT2D eigenvalue weighted by Gasteiger charge is -2.39. The molecule has 1 aliphatic heterocycles. The summed E-state index contributed by atoms with van der Waals surface area (Å²) in [6.45, 7) is 4.47. The second-order valence-electron chi connectivity index (χ2n) is 6.83.